The third kappa shape index (κ3) is 1.18. The van der Waals surface area contributed by atoms with Gasteiger partial charge in [0.05, 0.1) is 0 Å². The normalized spacial score (nSPS) is 10.5. The molecule has 3 nitrogen and oxygen atoms in total. The maximum atomic E-state index is 11.1. The summed E-state index contributed by atoms with van der Waals surface area (Å²) in [6, 6.07) is 5.65. The second-order valence-electron chi connectivity index (χ2n) is 3.12. The Balaban J connectivity index is 2.84. The monoisotopic (exact) mass is 174 g/mol. The molecule has 0 atom stereocenters. The number of hydrogen-bond donors (Lipinski definition) is 2. The molecule has 0 aliphatic carbocycles. The number of carbonyl (C=O) groups excluding carboxylic acids is 1. The smallest absolute Gasteiger partial charge is 0.249 e. The first-order chi connectivity index (χ1) is 6.18. The minimum absolute atomic E-state index is 0.381. The van der Waals surface area contributed by atoms with E-state index in [9.17, 15) is 4.79 Å². The molecule has 0 saturated carbocycles. The van der Waals surface area contributed by atoms with Gasteiger partial charge in [0, 0.05) is 22.7 Å². The average Bonchev–Trinajstić information content (AvgIpc) is 2.49. The van der Waals surface area contributed by atoms with Crippen LogP contribution in [0.2, 0.25) is 0 Å². The van der Waals surface area contributed by atoms with E-state index in [1.807, 2.05) is 19.1 Å². The number of nitrogens with two attached hydrogens (primary N) is 1. The van der Waals surface area contributed by atoms with Crippen LogP contribution < -0.4 is 5.73 Å². The number of amides is 1. The molecule has 0 unspecified atom stereocenters. The molecule has 0 saturated heterocycles. The first-order valence-corrected chi connectivity index (χ1v) is 4.06. The minimum Gasteiger partial charge on any atom is -0.366 e. The second-order valence-corrected chi connectivity index (χ2v) is 3.12. The molecule has 0 spiro atoms. The number of fused-ring (bicyclic) bond motifs is 1. The van der Waals surface area contributed by atoms with Crippen LogP contribution in [0, 0.1) is 6.92 Å². The average molecular weight is 174 g/mol. The Morgan fingerprint density at radius 1 is 1.46 bits per heavy atom. The SMILES string of the molecule is Cc1cc(C(N)=O)c2cc[nH]c2c1. The summed E-state index contributed by atoms with van der Waals surface area (Å²) in [5, 5.41) is 0.887. The number of aromatic amines is 1. The molecule has 1 aromatic heterocycles. The molecule has 0 aliphatic heterocycles. The number of nitrogens with one attached hydrogen (secondary N) is 1. The predicted molar refractivity (Wildman–Crippen MR) is 51.6 cm³/mol. The van der Waals surface area contributed by atoms with Gasteiger partial charge in [-0.1, -0.05) is 0 Å². The van der Waals surface area contributed by atoms with E-state index in [0.717, 1.165) is 16.5 Å². The molecule has 13 heavy (non-hydrogen) atoms. The van der Waals surface area contributed by atoms with E-state index in [1.54, 1.807) is 12.3 Å². The van der Waals surface area contributed by atoms with Crippen molar-refractivity contribution >= 4 is 16.8 Å². The van der Waals surface area contributed by atoms with Crippen LogP contribution in [0.15, 0.2) is 24.4 Å². The Hall–Kier alpha value is -1.77. The molecule has 0 radical (unpaired) electrons. The highest BCUT2D eigenvalue weighted by Gasteiger charge is 2.07. The molecule has 1 heterocycles. The van der Waals surface area contributed by atoms with Gasteiger partial charge in [0.15, 0.2) is 0 Å². The van der Waals surface area contributed by atoms with Crippen molar-refractivity contribution in [3.05, 3.63) is 35.5 Å². The van der Waals surface area contributed by atoms with E-state index in [-0.39, 0.29) is 5.91 Å². The maximum Gasteiger partial charge on any atom is 0.249 e. The van der Waals surface area contributed by atoms with Crippen LogP contribution in [-0.2, 0) is 0 Å². The van der Waals surface area contributed by atoms with Gasteiger partial charge >= 0.3 is 0 Å². The van der Waals surface area contributed by atoms with Gasteiger partial charge in [-0.25, -0.2) is 0 Å². The fourth-order valence-electron chi connectivity index (χ4n) is 1.52. The highest BCUT2D eigenvalue weighted by Crippen LogP contribution is 2.19. The highest BCUT2D eigenvalue weighted by molar-refractivity contribution is 6.05. The molecular weight excluding hydrogens is 164 g/mol. The Bertz CT molecular complexity index is 471. The molecule has 0 aliphatic rings. The Morgan fingerprint density at radius 3 is 2.92 bits per heavy atom. The van der Waals surface area contributed by atoms with Gasteiger partial charge in [0.2, 0.25) is 5.91 Å². The Labute approximate surface area is 75.6 Å². The molecule has 3 N–H and O–H groups in total. The van der Waals surface area contributed by atoms with Crippen molar-refractivity contribution in [3.63, 3.8) is 0 Å². The van der Waals surface area contributed by atoms with Crippen LogP contribution in [0.25, 0.3) is 10.9 Å². The molecule has 2 rings (SSSR count). The van der Waals surface area contributed by atoms with Crippen LogP contribution in [0.5, 0.6) is 0 Å². The summed E-state index contributed by atoms with van der Waals surface area (Å²) in [4.78, 5) is 14.1. The van der Waals surface area contributed by atoms with Crippen molar-refractivity contribution in [1.82, 2.24) is 4.98 Å². The summed E-state index contributed by atoms with van der Waals surface area (Å²) in [7, 11) is 0. The third-order valence-electron chi connectivity index (χ3n) is 2.08. The summed E-state index contributed by atoms with van der Waals surface area (Å²) in [6.07, 6.45) is 1.80. The maximum absolute atomic E-state index is 11.1. The zero-order valence-corrected chi connectivity index (χ0v) is 7.29. The first kappa shape index (κ1) is 7.86. The van der Waals surface area contributed by atoms with Crippen molar-refractivity contribution in [1.29, 1.82) is 0 Å². The Kier molecular flexibility index (Phi) is 1.59. The summed E-state index contributed by atoms with van der Waals surface area (Å²) >= 11 is 0. The lowest BCUT2D eigenvalue weighted by Crippen LogP contribution is -2.11. The van der Waals surface area contributed by atoms with Crippen LogP contribution in [-0.4, -0.2) is 10.9 Å². The van der Waals surface area contributed by atoms with E-state index in [4.69, 9.17) is 5.73 Å². The van der Waals surface area contributed by atoms with Crippen molar-refractivity contribution in [2.45, 2.75) is 6.92 Å². The molecule has 2 aromatic rings. The molecule has 66 valence electrons. The largest absolute Gasteiger partial charge is 0.366 e. The lowest BCUT2D eigenvalue weighted by atomic mass is 10.1. The lowest BCUT2D eigenvalue weighted by molar-refractivity contribution is 0.100. The summed E-state index contributed by atoms with van der Waals surface area (Å²) < 4.78 is 0. The molecule has 1 amide bonds. The predicted octanol–water partition coefficient (Wildman–Crippen LogP) is 1.58. The van der Waals surface area contributed by atoms with Crippen LogP contribution in [0.4, 0.5) is 0 Å². The number of aryl methyl sites for hydroxylation is 1. The van der Waals surface area contributed by atoms with Gasteiger partial charge in [0.25, 0.3) is 0 Å². The van der Waals surface area contributed by atoms with E-state index in [1.165, 1.54) is 0 Å². The van der Waals surface area contributed by atoms with Crippen molar-refractivity contribution in [2.24, 2.45) is 5.73 Å². The number of H-pyrrole nitrogens is 1. The van der Waals surface area contributed by atoms with Gasteiger partial charge in [0.1, 0.15) is 0 Å². The van der Waals surface area contributed by atoms with Crippen molar-refractivity contribution in [2.75, 3.05) is 0 Å². The standard InChI is InChI=1S/C10H10N2O/c1-6-4-8(10(11)13)7-2-3-12-9(7)5-6/h2-5,12H,1H3,(H2,11,13). The Morgan fingerprint density at radius 2 is 2.23 bits per heavy atom. The fourth-order valence-corrected chi connectivity index (χ4v) is 1.52. The zero-order valence-electron chi connectivity index (χ0n) is 7.29. The van der Waals surface area contributed by atoms with E-state index in [0.29, 0.717) is 5.56 Å². The summed E-state index contributed by atoms with van der Waals surface area (Å²) in [5.41, 5.74) is 7.82. The van der Waals surface area contributed by atoms with Gasteiger partial charge in [-0.05, 0) is 30.7 Å². The third-order valence-corrected chi connectivity index (χ3v) is 2.08. The molecule has 3 heteroatoms. The number of aromatic nitrogens is 1. The zero-order chi connectivity index (χ0) is 9.42. The first-order valence-electron chi connectivity index (χ1n) is 4.06. The second kappa shape index (κ2) is 2.62. The summed E-state index contributed by atoms with van der Waals surface area (Å²) in [5.74, 6) is -0.381. The molecule has 0 fully saturated rings. The minimum atomic E-state index is -0.381. The van der Waals surface area contributed by atoms with Gasteiger partial charge in [-0.3, -0.25) is 4.79 Å². The van der Waals surface area contributed by atoms with Crippen LogP contribution in [0.3, 0.4) is 0 Å². The lowest BCUT2D eigenvalue weighted by Gasteiger charge is -2.00. The molecular formula is C10H10N2O. The number of carbonyl (C=O) groups is 1. The summed E-state index contributed by atoms with van der Waals surface area (Å²) in [6.45, 7) is 1.94. The van der Waals surface area contributed by atoms with E-state index in [2.05, 4.69) is 4.98 Å². The molecule has 1 aromatic carbocycles. The van der Waals surface area contributed by atoms with Gasteiger partial charge in [-0.2, -0.15) is 0 Å². The number of primary amides is 1. The molecule has 0 bridgehead atoms. The number of hydrogen-bond acceptors (Lipinski definition) is 1. The van der Waals surface area contributed by atoms with Crippen LogP contribution in [0.1, 0.15) is 15.9 Å². The highest BCUT2D eigenvalue weighted by atomic mass is 16.1. The van der Waals surface area contributed by atoms with Gasteiger partial charge < -0.3 is 10.7 Å². The van der Waals surface area contributed by atoms with Crippen molar-refractivity contribution < 1.29 is 4.79 Å². The van der Waals surface area contributed by atoms with Gasteiger partial charge in [-0.15, -0.1) is 0 Å². The fraction of sp³-hybridized carbons (Fsp3) is 0.100. The topological polar surface area (TPSA) is 58.9 Å². The quantitative estimate of drug-likeness (QED) is 0.677. The van der Waals surface area contributed by atoms with E-state index >= 15 is 0 Å². The van der Waals surface area contributed by atoms with Crippen molar-refractivity contribution in [3.8, 4) is 0 Å². The van der Waals surface area contributed by atoms with E-state index < -0.39 is 0 Å². The van der Waals surface area contributed by atoms with Crippen LogP contribution >= 0.6 is 0 Å². The number of rotatable bonds is 1. The number of benzene rings is 1.